The summed E-state index contributed by atoms with van der Waals surface area (Å²) in [5.41, 5.74) is 0. The molecule has 2 nitrogen and oxygen atoms in total. The lowest BCUT2D eigenvalue weighted by atomic mass is 10.1. The van der Waals surface area contributed by atoms with Gasteiger partial charge in [-0.3, -0.25) is 4.90 Å². The second-order valence-electron chi connectivity index (χ2n) is 5.26. The fourth-order valence-electron chi connectivity index (χ4n) is 2.60. The van der Waals surface area contributed by atoms with Crippen molar-refractivity contribution in [2.75, 3.05) is 45.8 Å². The Morgan fingerprint density at radius 3 is 2.08 bits per heavy atom. The molecule has 2 heteroatoms. The van der Waals surface area contributed by atoms with E-state index in [1.54, 1.807) is 0 Å². The quantitative estimate of drug-likeness (QED) is 0.594. The van der Waals surface area contributed by atoms with Crippen molar-refractivity contribution in [1.29, 1.82) is 0 Å². The first-order valence-electron chi connectivity index (χ1n) is 5.78. The molecule has 0 amide bonds. The van der Waals surface area contributed by atoms with E-state index in [4.69, 9.17) is 0 Å². The number of hydrogen-bond donors (Lipinski definition) is 0. The van der Waals surface area contributed by atoms with Crippen molar-refractivity contribution in [3.8, 4) is 0 Å². The minimum absolute atomic E-state index is 0.882. The van der Waals surface area contributed by atoms with Crippen LogP contribution in [0.25, 0.3) is 0 Å². The highest BCUT2D eigenvalue weighted by molar-refractivity contribution is 4.70. The maximum Gasteiger partial charge on any atom is 0.0916 e. The zero-order valence-corrected chi connectivity index (χ0v) is 9.13. The van der Waals surface area contributed by atoms with Crippen LogP contribution in [-0.4, -0.2) is 55.2 Å². The second-order valence-corrected chi connectivity index (χ2v) is 5.26. The molecule has 0 N–H and O–H groups in total. The van der Waals surface area contributed by atoms with Crippen molar-refractivity contribution in [2.45, 2.75) is 20.3 Å². The molecule has 3 rings (SSSR count). The Morgan fingerprint density at radius 2 is 1.62 bits per heavy atom. The highest BCUT2D eigenvalue weighted by Gasteiger charge is 2.37. The molecule has 0 radical (unpaired) electrons. The number of quaternary nitrogens is 1. The molecular formula is C11H23N2+. The average molecular weight is 183 g/mol. The van der Waals surface area contributed by atoms with Gasteiger partial charge in [-0.15, -0.1) is 0 Å². The van der Waals surface area contributed by atoms with E-state index >= 15 is 0 Å². The number of piperazine rings is 3. The molecule has 0 saturated carbocycles. The standard InChI is InChI=1S/C11H23N2/c1-11(2)3-7-13-8-4-12(5-9-13)6-10-13/h11H,3-10H2,1-2H3/q+1. The summed E-state index contributed by atoms with van der Waals surface area (Å²) in [7, 11) is 0. The molecule has 3 aliphatic rings. The molecule has 0 unspecified atom stereocenters. The molecule has 0 aromatic carbocycles. The Labute approximate surface area is 82.1 Å². The lowest BCUT2D eigenvalue weighted by Gasteiger charge is -2.50. The average Bonchev–Trinajstić information content (AvgIpc) is 2.18. The van der Waals surface area contributed by atoms with E-state index in [2.05, 4.69) is 18.7 Å². The van der Waals surface area contributed by atoms with Crippen LogP contribution in [0.5, 0.6) is 0 Å². The molecule has 0 aromatic rings. The van der Waals surface area contributed by atoms with Gasteiger partial charge in [0.05, 0.1) is 26.2 Å². The predicted octanol–water partition coefficient (Wildman–Crippen LogP) is 1.18. The van der Waals surface area contributed by atoms with Crippen LogP contribution in [0.2, 0.25) is 0 Å². The summed E-state index contributed by atoms with van der Waals surface area (Å²) < 4.78 is 1.44. The first-order valence-corrected chi connectivity index (χ1v) is 5.78. The van der Waals surface area contributed by atoms with Crippen LogP contribution in [0, 0.1) is 5.92 Å². The molecular weight excluding hydrogens is 160 g/mol. The van der Waals surface area contributed by atoms with Crippen molar-refractivity contribution < 1.29 is 4.48 Å². The minimum atomic E-state index is 0.882. The highest BCUT2D eigenvalue weighted by atomic mass is 15.4. The topological polar surface area (TPSA) is 3.24 Å². The Kier molecular flexibility index (Phi) is 2.61. The van der Waals surface area contributed by atoms with Gasteiger partial charge < -0.3 is 4.48 Å². The largest absolute Gasteiger partial charge is 0.320 e. The summed E-state index contributed by atoms with van der Waals surface area (Å²) in [6.07, 6.45) is 1.42. The van der Waals surface area contributed by atoms with E-state index in [1.807, 2.05) is 0 Å². The van der Waals surface area contributed by atoms with Gasteiger partial charge in [-0.25, -0.2) is 0 Å². The first kappa shape index (κ1) is 9.47. The smallest absolute Gasteiger partial charge is 0.0916 e. The lowest BCUT2D eigenvalue weighted by molar-refractivity contribution is -0.941. The van der Waals surface area contributed by atoms with Gasteiger partial charge in [0.1, 0.15) is 0 Å². The van der Waals surface area contributed by atoms with Crippen LogP contribution in [0.3, 0.4) is 0 Å². The maximum atomic E-state index is 2.62. The molecule has 0 spiro atoms. The zero-order valence-electron chi connectivity index (χ0n) is 9.13. The normalized spacial score (nSPS) is 38.5. The van der Waals surface area contributed by atoms with E-state index < -0.39 is 0 Å². The number of hydrogen-bond acceptors (Lipinski definition) is 1. The van der Waals surface area contributed by atoms with E-state index in [-0.39, 0.29) is 0 Å². The SMILES string of the molecule is CC(C)CC[N+]12CCN(CC1)CC2. The van der Waals surface area contributed by atoms with Gasteiger partial charge in [0.15, 0.2) is 0 Å². The molecule has 76 valence electrons. The van der Waals surface area contributed by atoms with Gasteiger partial charge in [-0.1, -0.05) is 13.8 Å². The Bertz CT molecular complexity index is 155. The van der Waals surface area contributed by atoms with Gasteiger partial charge in [-0.05, 0) is 12.3 Å². The van der Waals surface area contributed by atoms with Crippen LogP contribution in [0.1, 0.15) is 20.3 Å². The van der Waals surface area contributed by atoms with Gasteiger partial charge in [0, 0.05) is 19.6 Å². The maximum absolute atomic E-state index is 2.62. The second kappa shape index (κ2) is 3.58. The van der Waals surface area contributed by atoms with E-state index in [0.29, 0.717) is 0 Å². The van der Waals surface area contributed by atoms with Crippen LogP contribution >= 0.6 is 0 Å². The fraction of sp³-hybridized carbons (Fsp3) is 1.00. The molecule has 0 atom stereocenters. The molecule has 2 bridgehead atoms. The monoisotopic (exact) mass is 183 g/mol. The summed E-state index contributed by atoms with van der Waals surface area (Å²) in [5, 5.41) is 0. The molecule has 3 heterocycles. The van der Waals surface area contributed by atoms with Crippen molar-refractivity contribution in [3.05, 3.63) is 0 Å². The third kappa shape index (κ3) is 2.05. The molecule has 3 aliphatic heterocycles. The van der Waals surface area contributed by atoms with E-state index in [9.17, 15) is 0 Å². The highest BCUT2D eigenvalue weighted by Crippen LogP contribution is 2.21. The molecule has 0 aromatic heterocycles. The van der Waals surface area contributed by atoms with Gasteiger partial charge >= 0.3 is 0 Å². The molecule has 3 fully saturated rings. The van der Waals surface area contributed by atoms with E-state index in [1.165, 1.54) is 56.7 Å². The number of fused-ring (bicyclic) bond motifs is 3. The van der Waals surface area contributed by atoms with Crippen LogP contribution in [-0.2, 0) is 0 Å². The molecule has 13 heavy (non-hydrogen) atoms. The number of nitrogens with zero attached hydrogens (tertiary/aromatic N) is 2. The summed E-state index contributed by atoms with van der Waals surface area (Å²) >= 11 is 0. The summed E-state index contributed by atoms with van der Waals surface area (Å²) in [6, 6.07) is 0. The third-order valence-corrected chi connectivity index (χ3v) is 3.85. The summed E-state index contributed by atoms with van der Waals surface area (Å²) in [5.74, 6) is 0.882. The summed E-state index contributed by atoms with van der Waals surface area (Å²) in [4.78, 5) is 2.62. The molecule has 3 saturated heterocycles. The van der Waals surface area contributed by atoms with Crippen LogP contribution < -0.4 is 0 Å². The van der Waals surface area contributed by atoms with Crippen LogP contribution in [0.4, 0.5) is 0 Å². The van der Waals surface area contributed by atoms with Crippen molar-refractivity contribution in [1.82, 2.24) is 4.90 Å². The van der Waals surface area contributed by atoms with Gasteiger partial charge in [0.25, 0.3) is 0 Å². The Balaban J connectivity index is 1.87. The van der Waals surface area contributed by atoms with Gasteiger partial charge in [0.2, 0.25) is 0 Å². The summed E-state index contributed by atoms with van der Waals surface area (Å²) in [6.45, 7) is 14.5. The third-order valence-electron chi connectivity index (χ3n) is 3.85. The molecule has 0 aliphatic carbocycles. The zero-order chi connectivity index (χ0) is 9.31. The van der Waals surface area contributed by atoms with E-state index in [0.717, 1.165) is 5.92 Å². The Morgan fingerprint density at radius 1 is 1.08 bits per heavy atom. The van der Waals surface area contributed by atoms with Crippen molar-refractivity contribution in [3.63, 3.8) is 0 Å². The van der Waals surface area contributed by atoms with Crippen molar-refractivity contribution >= 4 is 0 Å². The first-order chi connectivity index (χ1) is 6.20. The van der Waals surface area contributed by atoms with Crippen molar-refractivity contribution in [2.24, 2.45) is 5.92 Å². The van der Waals surface area contributed by atoms with Crippen LogP contribution in [0.15, 0.2) is 0 Å². The fourth-order valence-corrected chi connectivity index (χ4v) is 2.60. The lowest BCUT2D eigenvalue weighted by Crippen LogP contribution is -2.67. The van der Waals surface area contributed by atoms with Gasteiger partial charge in [-0.2, -0.15) is 0 Å². The minimum Gasteiger partial charge on any atom is -0.320 e. The number of rotatable bonds is 3. The Hall–Kier alpha value is -0.0800. The predicted molar refractivity (Wildman–Crippen MR) is 55.6 cm³/mol.